The fourth-order valence-corrected chi connectivity index (χ4v) is 9.65. The summed E-state index contributed by atoms with van der Waals surface area (Å²) < 4.78 is 32.0. The molecule has 0 N–H and O–H groups in total. The molecule has 9 heteroatoms. The Hall–Kier alpha value is -2.16. The predicted octanol–water partition coefficient (Wildman–Crippen LogP) is 8.69. The van der Waals surface area contributed by atoms with Crippen molar-refractivity contribution in [3.63, 3.8) is 0 Å². The lowest BCUT2D eigenvalue weighted by Crippen LogP contribution is -2.69. The van der Waals surface area contributed by atoms with E-state index in [0.717, 1.165) is 32.1 Å². The smallest absolute Gasteiger partial charge is 0.338 e. The number of hydrogen-bond donors (Lipinski definition) is 0. The Morgan fingerprint density at radius 1 is 0.870 bits per heavy atom. The molecule has 0 radical (unpaired) electrons. The van der Waals surface area contributed by atoms with Gasteiger partial charge in [0.05, 0.1) is 36.0 Å². The maximum absolute atomic E-state index is 13.2. The molecule has 2 aromatic carbocycles. The molecule has 4 aliphatic rings. The minimum Gasteiger partial charge on any atom is -0.462 e. The van der Waals surface area contributed by atoms with E-state index in [0.29, 0.717) is 46.5 Å². The van der Waals surface area contributed by atoms with E-state index in [9.17, 15) is 9.59 Å². The number of halogens is 2. The van der Waals surface area contributed by atoms with Gasteiger partial charge in [-0.1, -0.05) is 56.1 Å². The summed E-state index contributed by atoms with van der Waals surface area (Å²) in [6.45, 7) is 11.9. The summed E-state index contributed by atoms with van der Waals surface area (Å²) in [5.41, 5.74) is -0.806. The molecule has 6 rings (SSSR count). The number of rotatable bonds is 7. The lowest BCUT2D eigenvalue weighted by molar-refractivity contribution is -0.359. The summed E-state index contributed by atoms with van der Waals surface area (Å²) in [4.78, 5) is 26.1. The highest BCUT2D eigenvalue weighted by Crippen LogP contribution is 2.69. The highest BCUT2D eigenvalue weighted by atomic mass is 35.5. The highest BCUT2D eigenvalue weighted by Gasteiger charge is 2.70. The minimum atomic E-state index is -0.832. The van der Waals surface area contributed by atoms with Crippen molar-refractivity contribution >= 4 is 35.1 Å². The molecule has 2 aromatic rings. The predicted molar refractivity (Wildman–Crippen MR) is 176 cm³/mol. The molecule has 46 heavy (non-hydrogen) atoms. The molecular weight excluding hydrogens is 627 g/mol. The molecule has 0 bridgehead atoms. The van der Waals surface area contributed by atoms with Gasteiger partial charge in [-0.2, -0.15) is 0 Å². The van der Waals surface area contributed by atoms with Crippen LogP contribution in [-0.4, -0.2) is 54.9 Å². The van der Waals surface area contributed by atoms with Crippen molar-refractivity contribution in [2.45, 2.75) is 103 Å². The number of benzene rings is 2. The van der Waals surface area contributed by atoms with Gasteiger partial charge in [0.1, 0.15) is 12.2 Å². The van der Waals surface area contributed by atoms with E-state index in [4.69, 9.17) is 46.9 Å². The third-order valence-corrected chi connectivity index (χ3v) is 12.2. The van der Waals surface area contributed by atoms with Crippen LogP contribution in [0.1, 0.15) is 100 Å². The summed E-state index contributed by atoms with van der Waals surface area (Å²) in [5, 5.41) is 0.932. The molecule has 7 atom stereocenters. The van der Waals surface area contributed by atoms with E-state index in [1.807, 2.05) is 13.8 Å². The summed E-state index contributed by atoms with van der Waals surface area (Å²) >= 11 is 12.3. The van der Waals surface area contributed by atoms with Crippen LogP contribution in [0.4, 0.5) is 0 Å². The third-order valence-electron chi connectivity index (χ3n) is 11.8. The first-order valence-electron chi connectivity index (χ1n) is 16.6. The van der Waals surface area contributed by atoms with Crippen molar-refractivity contribution in [1.82, 2.24) is 0 Å². The third kappa shape index (κ3) is 6.00. The van der Waals surface area contributed by atoms with Crippen LogP contribution in [0, 0.1) is 22.7 Å². The van der Waals surface area contributed by atoms with Crippen molar-refractivity contribution in [2.75, 3.05) is 19.8 Å². The van der Waals surface area contributed by atoms with Gasteiger partial charge >= 0.3 is 11.9 Å². The molecule has 2 aliphatic carbocycles. The van der Waals surface area contributed by atoms with Gasteiger partial charge in [-0.3, -0.25) is 0 Å². The second-order valence-corrected chi connectivity index (χ2v) is 15.8. The molecular formula is C37H46Cl2O7. The Morgan fingerprint density at radius 3 is 2.17 bits per heavy atom. The van der Waals surface area contributed by atoms with E-state index >= 15 is 0 Å². The summed E-state index contributed by atoms with van der Waals surface area (Å²) in [5.74, 6) is -0.890. The van der Waals surface area contributed by atoms with Gasteiger partial charge in [-0.25, -0.2) is 9.59 Å². The monoisotopic (exact) mass is 672 g/mol. The van der Waals surface area contributed by atoms with E-state index in [-0.39, 0.29) is 36.1 Å². The van der Waals surface area contributed by atoms with Crippen molar-refractivity contribution in [3.8, 4) is 0 Å². The van der Waals surface area contributed by atoms with Crippen molar-refractivity contribution in [1.29, 1.82) is 0 Å². The van der Waals surface area contributed by atoms with Gasteiger partial charge in [0.25, 0.3) is 0 Å². The molecule has 2 aliphatic heterocycles. The second-order valence-electron chi connectivity index (χ2n) is 14.9. The zero-order valence-electron chi connectivity index (χ0n) is 27.5. The molecule has 7 unspecified atom stereocenters. The van der Waals surface area contributed by atoms with Crippen LogP contribution < -0.4 is 0 Å². The van der Waals surface area contributed by atoms with Gasteiger partial charge in [-0.15, -0.1) is 0 Å². The average molecular weight is 674 g/mol. The van der Waals surface area contributed by atoms with Gasteiger partial charge in [-0.05, 0) is 101 Å². The fraction of sp³-hybridized carbons (Fsp3) is 0.622. The largest absolute Gasteiger partial charge is 0.462 e. The molecule has 4 fully saturated rings. The van der Waals surface area contributed by atoms with Crippen LogP contribution in [0.3, 0.4) is 0 Å². The first-order chi connectivity index (χ1) is 21.7. The van der Waals surface area contributed by atoms with Gasteiger partial charge in [0.15, 0.2) is 5.79 Å². The maximum Gasteiger partial charge on any atom is 0.338 e. The number of ether oxygens (including phenoxy) is 5. The zero-order valence-corrected chi connectivity index (χ0v) is 29.0. The molecule has 1 spiro atoms. The van der Waals surface area contributed by atoms with Crippen LogP contribution in [0.2, 0.25) is 10.0 Å². The van der Waals surface area contributed by atoms with Crippen molar-refractivity contribution < 1.29 is 33.3 Å². The quantitative estimate of drug-likeness (QED) is 0.272. The summed E-state index contributed by atoms with van der Waals surface area (Å²) in [6.07, 6.45) is 6.02. The highest BCUT2D eigenvalue weighted by molar-refractivity contribution is 6.31. The number of carbonyl (C=O) groups is 2. The first-order valence-corrected chi connectivity index (χ1v) is 17.3. The Labute approximate surface area is 282 Å². The Kier molecular flexibility index (Phi) is 9.08. The van der Waals surface area contributed by atoms with E-state index in [1.165, 1.54) is 0 Å². The average Bonchev–Trinajstić information content (AvgIpc) is 3.40. The topological polar surface area (TPSA) is 80.3 Å². The molecule has 0 aromatic heterocycles. The van der Waals surface area contributed by atoms with Crippen LogP contribution in [0.25, 0.3) is 0 Å². The van der Waals surface area contributed by atoms with Crippen LogP contribution in [0.15, 0.2) is 48.5 Å². The maximum atomic E-state index is 13.2. The van der Waals surface area contributed by atoms with E-state index < -0.39 is 28.9 Å². The lowest BCUT2D eigenvalue weighted by Gasteiger charge is -2.67. The standard InChI is InChI=1S/C37H46Cl2O7/c1-24-12-13-29-34(4)22-44-33(2,3)45-30(34)14-15-35(29,5)37(24)17-16-36(46-37,23-43-32(41)26-9-7-11-28(39)21-26)18-19-42-31(40)25-8-6-10-27(38)20-25/h6-11,20-21,24,29-30H,12-19,22-23H2,1-5H3. The Balaban J connectivity index is 1.26. The first kappa shape index (κ1) is 33.7. The normalized spacial score (nSPS) is 36.5. The molecule has 250 valence electrons. The van der Waals surface area contributed by atoms with Crippen LogP contribution >= 0.6 is 23.2 Å². The van der Waals surface area contributed by atoms with E-state index in [1.54, 1.807) is 48.5 Å². The van der Waals surface area contributed by atoms with Crippen molar-refractivity contribution in [2.24, 2.45) is 22.7 Å². The molecule has 7 nitrogen and oxygen atoms in total. The SMILES string of the molecule is CC1CCC2C3(C)COC(C)(C)OC3CCC2(C)C12CCC(CCOC(=O)c1cccc(Cl)c1)(COC(=O)c1cccc(Cl)c1)O2. The summed E-state index contributed by atoms with van der Waals surface area (Å²) in [6, 6.07) is 13.4. The molecule has 2 heterocycles. The fourth-order valence-electron chi connectivity index (χ4n) is 9.27. The number of hydrogen-bond acceptors (Lipinski definition) is 7. The Bertz CT molecular complexity index is 1480. The lowest BCUT2D eigenvalue weighted by atomic mass is 9.43. The Morgan fingerprint density at radius 2 is 1.52 bits per heavy atom. The van der Waals surface area contributed by atoms with Crippen LogP contribution in [0.5, 0.6) is 0 Å². The molecule has 2 saturated carbocycles. The van der Waals surface area contributed by atoms with Gasteiger partial charge in [0.2, 0.25) is 0 Å². The molecule has 0 amide bonds. The number of carbonyl (C=O) groups excluding carboxylic acids is 2. The van der Waals surface area contributed by atoms with Gasteiger partial charge in [0, 0.05) is 27.3 Å². The van der Waals surface area contributed by atoms with E-state index in [2.05, 4.69) is 20.8 Å². The van der Waals surface area contributed by atoms with Crippen molar-refractivity contribution in [3.05, 3.63) is 69.7 Å². The minimum absolute atomic E-state index is 0.0442. The van der Waals surface area contributed by atoms with Crippen LogP contribution in [-0.2, 0) is 23.7 Å². The van der Waals surface area contributed by atoms with Gasteiger partial charge < -0.3 is 23.7 Å². The summed E-state index contributed by atoms with van der Waals surface area (Å²) in [7, 11) is 0. The number of fused-ring (bicyclic) bond motifs is 4. The zero-order chi connectivity index (χ0) is 33.0. The second kappa shape index (κ2) is 12.4. The molecule has 2 saturated heterocycles. The number of esters is 2.